The molecule has 1 aliphatic heterocycles. The van der Waals surface area contributed by atoms with Gasteiger partial charge in [0.2, 0.25) is 6.10 Å². The van der Waals surface area contributed by atoms with Crippen LogP contribution in [0.25, 0.3) is 0 Å². The molecular formula is C10H12O6. The maximum absolute atomic E-state index is 11.2. The highest BCUT2D eigenvalue weighted by Crippen LogP contribution is 2.16. The van der Waals surface area contributed by atoms with Crippen LogP contribution in [0.3, 0.4) is 0 Å². The van der Waals surface area contributed by atoms with Gasteiger partial charge >= 0.3 is 17.9 Å². The molecule has 16 heavy (non-hydrogen) atoms. The molecule has 0 fully saturated rings. The van der Waals surface area contributed by atoms with Crippen molar-refractivity contribution < 1.29 is 28.6 Å². The maximum atomic E-state index is 11.2. The minimum atomic E-state index is -1.15. The normalized spacial score (nSPS) is 18.8. The molecule has 0 radical (unpaired) electrons. The predicted octanol–water partition coefficient (Wildman–Crippen LogP) is -0.0356. The third kappa shape index (κ3) is 2.59. The fourth-order valence-electron chi connectivity index (χ4n) is 1.13. The highest BCUT2D eigenvalue weighted by atomic mass is 16.6. The topological polar surface area (TPSA) is 78.9 Å². The summed E-state index contributed by atoms with van der Waals surface area (Å²) >= 11 is 0. The lowest BCUT2D eigenvalue weighted by Gasteiger charge is -2.05. The van der Waals surface area contributed by atoms with E-state index in [1.54, 1.807) is 13.8 Å². The van der Waals surface area contributed by atoms with E-state index in [2.05, 4.69) is 14.2 Å². The Kier molecular flexibility index (Phi) is 4.04. The molecule has 1 unspecified atom stereocenters. The lowest BCUT2D eigenvalue weighted by atomic mass is 10.2. The summed E-state index contributed by atoms with van der Waals surface area (Å²) in [7, 11) is 0. The fraction of sp³-hybridized carbons (Fsp3) is 0.500. The molecule has 0 aromatic carbocycles. The molecule has 0 spiro atoms. The van der Waals surface area contributed by atoms with Crippen LogP contribution >= 0.6 is 0 Å². The summed E-state index contributed by atoms with van der Waals surface area (Å²) in [6.07, 6.45) is -0.0370. The first kappa shape index (κ1) is 12.2. The Labute approximate surface area is 92.2 Å². The molecule has 0 aromatic heterocycles. The third-order valence-corrected chi connectivity index (χ3v) is 1.79. The highest BCUT2D eigenvalue weighted by molar-refractivity contribution is 6.16. The number of cyclic esters (lactones) is 1. The molecule has 6 heteroatoms. The molecular weight excluding hydrogens is 216 g/mol. The number of hydrogen-bond donors (Lipinski definition) is 0. The SMILES string of the molecule is CCOC(=O)C1=CC(C(=O)OCC)OC1=O. The Bertz CT molecular complexity index is 343. The van der Waals surface area contributed by atoms with Crippen molar-refractivity contribution in [1.82, 2.24) is 0 Å². The van der Waals surface area contributed by atoms with Gasteiger partial charge in [0.25, 0.3) is 0 Å². The fourth-order valence-corrected chi connectivity index (χ4v) is 1.13. The van der Waals surface area contributed by atoms with Crippen molar-refractivity contribution in [1.29, 1.82) is 0 Å². The Morgan fingerprint density at radius 2 is 1.94 bits per heavy atom. The molecule has 0 saturated heterocycles. The number of carbonyl (C=O) groups excluding carboxylic acids is 3. The van der Waals surface area contributed by atoms with Crippen LogP contribution in [0.15, 0.2) is 11.6 Å². The summed E-state index contributed by atoms with van der Waals surface area (Å²) in [5.74, 6) is -2.36. The minimum absolute atomic E-state index is 0.146. The van der Waals surface area contributed by atoms with Crippen molar-refractivity contribution in [3.63, 3.8) is 0 Å². The smallest absolute Gasteiger partial charge is 0.351 e. The maximum Gasteiger partial charge on any atom is 0.351 e. The summed E-state index contributed by atoms with van der Waals surface area (Å²) in [6, 6.07) is 0. The third-order valence-electron chi connectivity index (χ3n) is 1.79. The van der Waals surface area contributed by atoms with E-state index in [0.29, 0.717) is 0 Å². The molecule has 0 amide bonds. The average molecular weight is 228 g/mol. The number of rotatable bonds is 4. The number of ether oxygens (including phenoxy) is 3. The highest BCUT2D eigenvalue weighted by Gasteiger charge is 2.36. The van der Waals surface area contributed by atoms with Crippen LogP contribution in [-0.2, 0) is 28.6 Å². The van der Waals surface area contributed by atoms with Gasteiger partial charge in [0.05, 0.1) is 13.2 Å². The van der Waals surface area contributed by atoms with Crippen LogP contribution in [0.2, 0.25) is 0 Å². The summed E-state index contributed by atoms with van der Waals surface area (Å²) in [5.41, 5.74) is -0.264. The second-order valence-corrected chi connectivity index (χ2v) is 2.88. The lowest BCUT2D eigenvalue weighted by Crippen LogP contribution is -2.22. The quantitative estimate of drug-likeness (QED) is 0.382. The van der Waals surface area contributed by atoms with Gasteiger partial charge in [-0.25, -0.2) is 14.4 Å². The van der Waals surface area contributed by atoms with Gasteiger partial charge in [-0.2, -0.15) is 0 Å². The summed E-state index contributed by atoms with van der Waals surface area (Å²) in [6.45, 7) is 3.56. The molecule has 0 bridgehead atoms. The molecule has 6 nitrogen and oxygen atoms in total. The van der Waals surface area contributed by atoms with Crippen LogP contribution in [0.5, 0.6) is 0 Å². The molecule has 1 heterocycles. The van der Waals surface area contributed by atoms with Crippen LogP contribution in [0.4, 0.5) is 0 Å². The first-order chi connectivity index (χ1) is 7.60. The van der Waals surface area contributed by atoms with Crippen LogP contribution in [0.1, 0.15) is 13.8 Å². The summed E-state index contributed by atoms with van der Waals surface area (Å²) in [5, 5.41) is 0. The molecule has 0 saturated carbocycles. The summed E-state index contributed by atoms with van der Waals surface area (Å²) in [4.78, 5) is 33.7. The predicted molar refractivity (Wildman–Crippen MR) is 51.2 cm³/mol. The second kappa shape index (κ2) is 5.29. The molecule has 1 rings (SSSR count). The molecule has 0 aromatic rings. The Morgan fingerprint density at radius 3 is 2.50 bits per heavy atom. The monoisotopic (exact) mass is 228 g/mol. The first-order valence-electron chi connectivity index (χ1n) is 4.86. The van der Waals surface area contributed by atoms with Crippen LogP contribution in [-0.4, -0.2) is 37.2 Å². The molecule has 0 N–H and O–H groups in total. The number of esters is 3. The van der Waals surface area contributed by atoms with Gasteiger partial charge in [-0.3, -0.25) is 0 Å². The zero-order valence-corrected chi connectivity index (χ0v) is 9.02. The lowest BCUT2D eigenvalue weighted by molar-refractivity contribution is -0.160. The minimum Gasteiger partial charge on any atom is -0.463 e. The van der Waals surface area contributed by atoms with Crippen molar-refractivity contribution >= 4 is 17.9 Å². The van der Waals surface area contributed by atoms with Crippen LogP contribution < -0.4 is 0 Å². The summed E-state index contributed by atoms with van der Waals surface area (Å²) < 4.78 is 13.9. The van der Waals surface area contributed by atoms with Gasteiger partial charge < -0.3 is 14.2 Å². The molecule has 0 aliphatic carbocycles. The zero-order chi connectivity index (χ0) is 12.1. The van der Waals surface area contributed by atoms with Gasteiger partial charge in [0, 0.05) is 0 Å². The van der Waals surface area contributed by atoms with E-state index in [4.69, 9.17) is 0 Å². The number of hydrogen-bond acceptors (Lipinski definition) is 6. The van der Waals surface area contributed by atoms with Crippen molar-refractivity contribution in [2.45, 2.75) is 20.0 Å². The van der Waals surface area contributed by atoms with Gasteiger partial charge in [-0.1, -0.05) is 0 Å². The average Bonchev–Trinajstić information content (AvgIpc) is 2.61. The Balaban J connectivity index is 2.72. The molecule has 88 valence electrons. The van der Waals surface area contributed by atoms with E-state index in [1.165, 1.54) is 0 Å². The van der Waals surface area contributed by atoms with E-state index in [0.717, 1.165) is 6.08 Å². The van der Waals surface area contributed by atoms with E-state index < -0.39 is 24.0 Å². The van der Waals surface area contributed by atoms with Crippen molar-refractivity contribution in [2.75, 3.05) is 13.2 Å². The Hall–Kier alpha value is -1.85. The van der Waals surface area contributed by atoms with Crippen molar-refractivity contribution in [2.24, 2.45) is 0 Å². The van der Waals surface area contributed by atoms with Crippen molar-refractivity contribution in [3.8, 4) is 0 Å². The van der Waals surface area contributed by atoms with E-state index in [1.807, 2.05) is 0 Å². The zero-order valence-electron chi connectivity index (χ0n) is 9.02. The largest absolute Gasteiger partial charge is 0.463 e. The van der Waals surface area contributed by atoms with Gasteiger partial charge in [-0.05, 0) is 19.9 Å². The van der Waals surface area contributed by atoms with E-state index >= 15 is 0 Å². The molecule has 1 aliphatic rings. The molecule has 1 atom stereocenters. The standard InChI is InChI=1S/C10H12O6/c1-3-14-8(11)6-5-7(16-9(6)12)10(13)15-4-2/h5,7H,3-4H2,1-2H3. The van der Waals surface area contributed by atoms with Gasteiger partial charge in [-0.15, -0.1) is 0 Å². The second-order valence-electron chi connectivity index (χ2n) is 2.88. The van der Waals surface area contributed by atoms with Crippen molar-refractivity contribution in [3.05, 3.63) is 11.6 Å². The van der Waals surface area contributed by atoms with Gasteiger partial charge in [0.1, 0.15) is 5.57 Å². The van der Waals surface area contributed by atoms with E-state index in [9.17, 15) is 14.4 Å². The van der Waals surface area contributed by atoms with Crippen LogP contribution in [0, 0.1) is 0 Å². The number of carbonyl (C=O) groups is 3. The van der Waals surface area contributed by atoms with E-state index in [-0.39, 0.29) is 18.8 Å². The Morgan fingerprint density at radius 1 is 1.31 bits per heavy atom. The first-order valence-corrected chi connectivity index (χ1v) is 4.86. The van der Waals surface area contributed by atoms with Gasteiger partial charge in [0.15, 0.2) is 0 Å².